The number of hydrogen-bond donors (Lipinski definition) is 0. The fourth-order valence-corrected chi connectivity index (χ4v) is 1.77. The molecule has 19 heavy (non-hydrogen) atoms. The summed E-state index contributed by atoms with van der Waals surface area (Å²) in [5, 5.41) is 0. The molecule has 1 fully saturated rings. The third kappa shape index (κ3) is 2.99. The van der Waals surface area contributed by atoms with Crippen LogP contribution in [-0.2, 0) is 9.31 Å². The van der Waals surface area contributed by atoms with Crippen LogP contribution in [0.15, 0.2) is 24.3 Å². The van der Waals surface area contributed by atoms with Crippen LogP contribution in [0.2, 0.25) is 0 Å². The number of hydrogen-bond acceptors (Lipinski definition) is 4. The van der Waals surface area contributed by atoms with E-state index in [9.17, 15) is 0 Å². The number of aromatic nitrogens is 1. The van der Waals surface area contributed by atoms with Gasteiger partial charge in [0.2, 0.25) is 5.88 Å². The van der Waals surface area contributed by atoms with Crippen LogP contribution in [0.3, 0.4) is 0 Å². The van der Waals surface area contributed by atoms with Gasteiger partial charge < -0.3 is 14.0 Å². The largest absolute Gasteiger partial charge is 0.487 e. The molecule has 4 nitrogen and oxygen atoms in total. The van der Waals surface area contributed by atoms with Gasteiger partial charge in [0.1, 0.15) is 0 Å². The summed E-state index contributed by atoms with van der Waals surface area (Å²) in [5.74, 6) is 2.51. The van der Waals surface area contributed by atoms with Gasteiger partial charge in [0.25, 0.3) is 0 Å². The fourth-order valence-electron chi connectivity index (χ4n) is 1.77. The lowest BCUT2D eigenvalue weighted by atomic mass is 9.89. The van der Waals surface area contributed by atoms with Crippen LogP contribution in [0.25, 0.3) is 6.08 Å². The van der Waals surface area contributed by atoms with E-state index in [-0.39, 0.29) is 18.3 Å². The summed E-state index contributed by atoms with van der Waals surface area (Å²) in [6.45, 7) is 8.15. The smallest absolute Gasteiger partial charge is 0.481 e. The molecule has 5 heteroatoms. The van der Waals surface area contributed by atoms with E-state index in [1.807, 2.05) is 51.9 Å². The summed E-state index contributed by atoms with van der Waals surface area (Å²) in [6, 6.07) is 3.76. The summed E-state index contributed by atoms with van der Waals surface area (Å²) in [5.41, 5.74) is 0.371. The van der Waals surface area contributed by atoms with Gasteiger partial charge in [-0.3, -0.25) is 0 Å². The SMILES string of the molecule is COc1ccc(C=CB2OC(C)(C)C(C)(C)O2)cn1. The highest BCUT2D eigenvalue weighted by atomic mass is 16.7. The van der Waals surface area contributed by atoms with Crippen LogP contribution in [0, 0.1) is 0 Å². The number of ether oxygens (including phenoxy) is 1. The van der Waals surface area contributed by atoms with E-state index in [0.29, 0.717) is 5.88 Å². The number of methoxy groups -OCH3 is 1. The van der Waals surface area contributed by atoms with E-state index in [4.69, 9.17) is 14.0 Å². The lowest BCUT2D eigenvalue weighted by Gasteiger charge is -2.32. The minimum Gasteiger partial charge on any atom is -0.481 e. The Morgan fingerprint density at radius 1 is 1.16 bits per heavy atom. The molecule has 0 bridgehead atoms. The summed E-state index contributed by atoms with van der Waals surface area (Å²) >= 11 is 0. The molecule has 0 atom stereocenters. The second-order valence-electron chi connectivity index (χ2n) is 5.62. The van der Waals surface area contributed by atoms with Gasteiger partial charge in [0.15, 0.2) is 0 Å². The Hall–Kier alpha value is -1.33. The maximum absolute atomic E-state index is 5.88. The van der Waals surface area contributed by atoms with Crippen molar-refractivity contribution in [3.63, 3.8) is 0 Å². The zero-order valence-corrected chi connectivity index (χ0v) is 12.1. The number of pyridine rings is 1. The molecular formula is C14H20BNO3. The molecule has 1 aliphatic rings. The second-order valence-corrected chi connectivity index (χ2v) is 5.62. The third-order valence-electron chi connectivity index (χ3n) is 3.69. The van der Waals surface area contributed by atoms with E-state index in [1.54, 1.807) is 13.3 Å². The van der Waals surface area contributed by atoms with Crippen molar-refractivity contribution in [3.05, 3.63) is 29.9 Å². The molecule has 1 aliphatic heterocycles. The molecule has 102 valence electrons. The van der Waals surface area contributed by atoms with Crippen molar-refractivity contribution in [1.29, 1.82) is 0 Å². The first-order valence-electron chi connectivity index (χ1n) is 6.38. The van der Waals surface area contributed by atoms with Gasteiger partial charge in [-0.05, 0) is 39.3 Å². The van der Waals surface area contributed by atoms with Gasteiger partial charge in [-0.15, -0.1) is 0 Å². The van der Waals surface area contributed by atoms with Crippen LogP contribution in [0.4, 0.5) is 0 Å². The Morgan fingerprint density at radius 3 is 2.26 bits per heavy atom. The maximum atomic E-state index is 5.88. The topological polar surface area (TPSA) is 40.6 Å². The lowest BCUT2D eigenvalue weighted by molar-refractivity contribution is 0.00578. The molecule has 0 aromatic carbocycles. The molecule has 1 saturated heterocycles. The van der Waals surface area contributed by atoms with E-state index >= 15 is 0 Å². The molecule has 2 rings (SSSR count). The minimum atomic E-state index is -0.327. The standard InChI is InChI=1S/C14H20BNO3/c1-13(2)14(3,4)19-15(18-13)9-8-11-6-7-12(17-5)16-10-11/h6-10H,1-5H3. The van der Waals surface area contributed by atoms with Crippen LogP contribution >= 0.6 is 0 Å². The highest BCUT2D eigenvalue weighted by Gasteiger charge is 2.49. The van der Waals surface area contributed by atoms with E-state index in [2.05, 4.69) is 4.98 Å². The Kier molecular flexibility index (Phi) is 3.70. The van der Waals surface area contributed by atoms with Crippen molar-refractivity contribution in [2.24, 2.45) is 0 Å². The molecule has 0 radical (unpaired) electrons. The zero-order valence-electron chi connectivity index (χ0n) is 12.1. The Balaban J connectivity index is 2.04. The van der Waals surface area contributed by atoms with Gasteiger partial charge in [0, 0.05) is 12.3 Å². The van der Waals surface area contributed by atoms with Gasteiger partial charge in [-0.25, -0.2) is 4.98 Å². The highest BCUT2D eigenvalue weighted by molar-refractivity contribution is 6.52. The molecule has 0 aliphatic carbocycles. The lowest BCUT2D eigenvalue weighted by Crippen LogP contribution is -2.41. The predicted molar refractivity (Wildman–Crippen MR) is 75.9 cm³/mol. The van der Waals surface area contributed by atoms with Crippen molar-refractivity contribution in [1.82, 2.24) is 4.98 Å². The molecule has 2 heterocycles. The van der Waals surface area contributed by atoms with Crippen molar-refractivity contribution in [3.8, 4) is 5.88 Å². The molecule has 0 amide bonds. The molecule has 0 N–H and O–H groups in total. The molecular weight excluding hydrogens is 241 g/mol. The van der Waals surface area contributed by atoms with Gasteiger partial charge >= 0.3 is 7.12 Å². The molecule has 1 aromatic heterocycles. The van der Waals surface area contributed by atoms with Crippen LogP contribution in [0.5, 0.6) is 5.88 Å². The monoisotopic (exact) mass is 261 g/mol. The Labute approximate surface area is 114 Å². The maximum Gasteiger partial charge on any atom is 0.487 e. The summed E-state index contributed by atoms with van der Waals surface area (Å²) in [4.78, 5) is 4.14. The average Bonchev–Trinajstić information content (AvgIpc) is 2.56. The number of nitrogens with zero attached hydrogens (tertiary/aromatic N) is 1. The molecule has 0 unspecified atom stereocenters. The van der Waals surface area contributed by atoms with Crippen LogP contribution in [-0.4, -0.2) is 30.4 Å². The predicted octanol–water partition coefficient (Wildman–Crippen LogP) is 2.73. The van der Waals surface area contributed by atoms with Crippen molar-refractivity contribution >= 4 is 13.2 Å². The first kappa shape index (κ1) is 14.1. The normalized spacial score (nSPS) is 21.0. The Bertz CT molecular complexity index is 452. The molecule has 0 saturated carbocycles. The van der Waals surface area contributed by atoms with E-state index in [0.717, 1.165) is 5.56 Å². The molecule has 0 spiro atoms. The van der Waals surface area contributed by atoms with E-state index < -0.39 is 0 Å². The highest BCUT2D eigenvalue weighted by Crippen LogP contribution is 2.36. The van der Waals surface area contributed by atoms with Gasteiger partial charge in [-0.2, -0.15) is 0 Å². The first-order valence-corrected chi connectivity index (χ1v) is 6.38. The number of rotatable bonds is 3. The minimum absolute atomic E-state index is 0.305. The third-order valence-corrected chi connectivity index (χ3v) is 3.69. The zero-order chi connectivity index (χ0) is 14.1. The van der Waals surface area contributed by atoms with Crippen molar-refractivity contribution < 1.29 is 14.0 Å². The summed E-state index contributed by atoms with van der Waals surface area (Å²) < 4.78 is 16.8. The first-order chi connectivity index (χ1) is 8.84. The van der Waals surface area contributed by atoms with Gasteiger partial charge in [-0.1, -0.05) is 12.1 Å². The van der Waals surface area contributed by atoms with Crippen LogP contribution in [0.1, 0.15) is 33.3 Å². The quantitative estimate of drug-likeness (QED) is 0.784. The summed E-state index contributed by atoms with van der Waals surface area (Å²) in [7, 11) is 1.27. The van der Waals surface area contributed by atoms with Crippen LogP contribution < -0.4 is 4.74 Å². The molecule has 1 aromatic rings. The Morgan fingerprint density at radius 2 is 1.79 bits per heavy atom. The summed E-state index contributed by atoms with van der Waals surface area (Å²) in [6.07, 6.45) is 3.69. The van der Waals surface area contributed by atoms with Gasteiger partial charge in [0.05, 0.1) is 18.3 Å². The van der Waals surface area contributed by atoms with E-state index in [1.165, 1.54) is 0 Å². The average molecular weight is 261 g/mol. The van der Waals surface area contributed by atoms with Crippen molar-refractivity contribution in [2.75, 3.05) is 7.11 Å². The fraction of sp³-hybridized carbons (Fsp3) is 0.500. The van der Waals surface area contributed by atoms with Crippen molar-refractivity contribution in [2.45, 2.75) is 38.9 Å². The second kappa shape index (κ2) is 4.98.